The van der Waals surface area contributed by atoms with Crippen LogP contribution in [0, 0.1) is 11.6 Å². The number of carbonyl (C=O) groups excluding carboxylic acids is 2. The number of nitrogens with one attached hydrogen (secondary N) is 2. The lowest BCUT2D eigenvalue weighted by atomic mass is 10.2. The molecule has 3 amide bonds. The molecule has 3 N–H and O–H groups in total. The van der Waals surface area contributed by atoms with Crippen LogP contribution in [-0.2, 0) is 4.79 Å². The van der Waals surface area contributed by atoms with Gasteiger partial charge in [-0.15, -0.1) is 0 Å². The number of hydrogen-bond donors (Lipinski definition) is 3. The zero-order valence-corrected chi connectivity index (χ0v) is 16.1. The Morgan fingerprint density at radius 2 is 1.66 bits per heavy atom. The highest BCUT2D eigenvalue weighted by molar-refractivity contribution is 6.37. The largest absolute Gasteiger partial charge is 0.490 e. The number of hydrogen-bond acceptors (Lipinski definition) is 4. The smallest absolute Gasteiger partial charge is 0.326 e. The Morgan fingerprint density at radius 1 is 1.07 bits per heavy atom. The van der Waals surface area contributed by atoms with E-state index >= 15 is 0 Å². The van der Waals surface area contributed by atoms with Crippen LogP contribution in [0.1, 0.15) is 23.2 Å². The number of urea groups is 1. The second-order valence-electron chi connectivity index (χ2n) is 5.62. The van der Waals surface area contributed by atoms with Gasteiger partial charge in [-0.1, -0.05) is 29.3 Å². The van der Waals surface area contributed by atoms with Gasteiger partial charge in [-0.25, -0.2) is 13.6 Å². The molecule has 29 heavy (non-hydrogen) atoms. The molecule has 0 heterocycles. The van der Waals surface area contributed by atoms with Gasteiger partial charge in [0.2, 0.25) is 0 Å². The molecule has 0 aliphatic carbocycles. The molecule has 0 bridgehead atoms. The van der Waals surface area contributed by atoms with E-state index in [4.69, 9.17) is 33.0 Å². The third-order valence-corrected chi connectivity index (χ3v) is 4.02. The summed E-state index contributed by atoms with van der Waals surface area (Å²) < 4.78 is 32.5. The van der Waals surface area contributed by atoms with Gasteiger partial charge in [-0.05, 0) is 30.7 Å². The lowest BCUT2D eigenvalue weighted by molar-refractivity contribution is -0.137. The number of benzene rings is 2. The van der Waals surface area contributed by atoms with E-state index in [1.807, 2.05) is 0 Å². The lowest BCUT2D eigenvalue weighted by Crippen LogP contribution is -2.35. The van der Waals surface area contributed by atoms with Gasteiger partial charge in [0.25, 0.3) is 5.91 Å². The molecule has 0 unspecified atom stereocenters. The average Bonchev–Trinajstić information content (AvgIpc) is 2.59. The molecule has 0 saturated heterocycles. The molecule has 0 atom stereocenters. The number of carbonyl (C=O) groups is 3. The van der Waals surface area contributed by atoms with E-state index in [1.54, 1.807) is 5.32 Å². The molecule has 7 nitrogen and oxygen atoms in total. The zero-order chi connectivity index (χ0) is 21.6. The van der Waals surface area contributed by atoms with E-state index in [0.29, 0.717) is 0 Å². The molecule has 11 heteroatoms. The number of ether oxygens (including phenoxy) is 1. The Labute approximate surface area is 173 Å². The molecule has 0 spiro atoms. The first-order valence-electron chi connectivity index (χ1n) is 8.09. The minimum atomic E-state index is -1.27. The highest BCUT2D eigenvalue weighted by Gasteiger charge is 2.19. The summed E-state index contributed by atoms with van der Waals surface area (Å²) in [6.07, 6.45) is 0.144. The van der Waals surface area contributed by atoms with Crippen LogP contribution >= 0.6 is 23.2 Å². The molecule has 0 aromatic heterocycles. The van der Waals surface area contributed by atoms with Crippen LogP contribution in [0.2, 0.25) is 10.0 Å². The number of amides is 3. The third-order valence-electron chi connectivity index (χ3n) is 3.45. The first kappa shape index (κ1) is 22.4. The molecule has 2 rings (SSSR count). The van der Waals surface area contributed by atoms with Crippen LogP contribution in [0.25, 0.3) is 0 Å². The van der Waals surface area contributed by atoms with Gasteiger partial charge in [0.15, 0.2) is 5.75 Å². The Balaban J connectivity index is 2.01. The normalized spacial score (nSPS) is 10.3. The second kappa shape index (κ2) is 10.0. The maximum absolute atomic E-state index is 13.6. The molecular formula is C18H14Cl2F2N2O5. The monoisotopic (exact) mass is 446 g/mol. The van der Waals surface area contributed by atoms with E-state index in [2.05, 4.69) is 5.32 Å². The van der Waals surface area contributed by atoms with Gasteiger partial charge in [0, 0.05) is 12.1 Å². The number of halogens is 4. The van der Waals surface area contributed by atoms with Crippen molar-refractivity contribution in [3.8, 4) is 5.75 Å². The Hall–Kier alpha value is -2.91. The highest BCUT2D eigenvalue weighted by Crippen LogP contribution is 2.36. The SMILES string of the molecule is O=C(O)CCCOc1c(Cl)cc(NC(=O)NC(=O)c2c(F)cccc2F)cc1Cl. The van der Waals surface area contributed by atoms with Crippen molar-refractivity contribution in [1.29, 1.82) is 0 Å². The first-order valence-corrected chi connectivity index (χ1v) is 8.84. The minimum Gasteiger partial charge on any atom is -0.490 e. The van der Waals surface area contributed by atoms with Gasteiger partial charge in [0.1, 0.15) is 17.2 Å². The summed E-state index contributed by atoms with van der Waals surface area (Å²) >= 11 is 12.1. The molecule has 0 aliphatic heterocycles. The summed E-state index contributed by atoms with van der Waals surface area (Å²) in [5.41, 5.74) is -0.819. The predicted molar refractivity (Wildman–Crippen MR) is 102 cm³/mol. The van der Waals surface area contributed by atoms with Crippen molar-refractivity contribution < 1.29 is 33.0 Å². The summed E-state index contributed by atoms with van der Waals surface area (Å²) in [7, 11) is 0. The predicted octanol–water partition coefficient (Wildman–Crippen LogP) is 4.48. The fourth-order valence-electron chi connectivity index (χ4n) is 2.21. The van der Waals surface area contributed by atoms with Crippen LogP contribution in [0.3, 0.4) is 0 Å². The quantitative estimate of drug-likeness (QED) is 0.543. The lowest BCUT2D eigenvalue weighted by Gasteiger charge is -2.12. The number of aliphatic carboxylic acids is 1. The molecule has 2 aromatic carbocycles. The van der Waals surface area contributed by atoms with Crippen molar-refractivity contribution in [2.45, 2.75) is 12.8 Å². The fourth-order valence-corrected chi connectivity index (χ4v) is 2.81. The summed E-state index contributed by atoms with van der Waals surface area (Å²) in [6.45, 7) is 0.0572. The van der Waals surface area contributed by atoms with Crippen LogP contribution in [-0.4, -0.2) is 29.6 Å². The number of carboxylic acid groups (broad SMARTS) is 1. The topological polar surface area (TPSA) is 105 Å². The van der Waals surface area contributed by atoms with Gasteiger partial charge in [0.05, 0.1) is 16.7 Å². The van der Waals surface area contributed by atoms with Gasteiger partial charge >= 0.3 is 12.0 Å². The van der Waals surface area contributed by atoms with Crippen molar-refractivity contribution in [3.05, 3.63) is 57.6 Å². The zero-order valence-electron chi connectivity index (χ0n) is 14.6. The van der Waals surface area contributed by atoms with Crippen molar-refractivity contribution in [2.24, 2.45) is 0 Å². The van der Waals surface area contributed by atoms with E-state index < -0.39 is 35.1 Å². The maximum Gasteiger partial charge on any atom is 0.326 e. The molecule has 154 valence electrons. The standard InChI is InChI=1S/C18H14Cl2F2N2O5/c19-10-7-9(8-11(20)16(10)29-6-2-5-14(25)26)23-18(28)24-17(27)15-12(21)3-1-4-13(15)22/h1,3-4,7-8H,2,5-6H2,(H,25,26)(H2,23,24,27,28). The Bertz CT molecular complexity index is 913. The van der Waals surface area contributed by atoms with E-state index in [1.165, 1.54) is 12.1 Å². The second-order valence-corrected chi connectivity index (χ2v) is 6.43. The Kier molecular flexibility index (Phi) is 7.74. The molecule has 0 fully saturated rings. The number of anilines is 1. The summed E-state index contributed by atoms with van der Waals surface area (Å²) in [5.74, 6) is -4.39. The maximum atomic E-state index is 13.6. The van der Waals surface area contributed by atoms with E-state index in [-0.39, 0.29) is 40.9 Å². The average molecular weight is 447 g/mol. The van der Waals surface area contributed by atoms with Crippen LogP contribution in [0.4, 0.5) is 19.3 Å². The number of imide groups is 1. The van der Waals surface area contributed by atoms with E-state index in [0.717, 1.165) is 18.2 Å². The van der Waals surface area contributed by atoms with Crippen molar-refractivity contribution in [2.75, 3.05) is 11.9 Å². The van der Waals surface area contributed by atoms with Crippen molar-refractivity contribution >= 4 is 46.8 Å². The van der Waals surface area contributed by atoms with Crippen LogP contribution in [0.5, 0.6) is 5.75 Å². The molecule has 0 aliphatic rings. The van der Waals surface area contributed by atoms with Crippen LogP contribution in [0.15, 0.2) is 30.3 Å². The summed E-state index contributed by atoms with van der Waals surface area (Å²) in [4.78, 5) is 34.3. The van der Waals surface area contributed by atoms with Crippen LogP contribution < -0.4 is 15.4 Å². The molecule has 0 saturated carbocycles. The minimum absolute atomic E-state index is 0.0228. The number of rotatable bonds is 7. The number of carboxylic acids is 1. The molecular weight excluding hydrogens is 433 g/mol. The van der Waals surface area contributed by atoms with Gasteiger partial charge in [-0.3, -0.25) is 14.9 Å². The first-order chi connectivity index (χ1) is 13.7. The van der Waals surface area contributed by atoms with Gasteiger partial charge in [-0.2, -0.15) is 0 Å². The third kappa shape index (κ3) is 6.30. The molecule has 2 aromatic rings. The fraction of sp³-hybridized carbons (Fsp3) is 0.167. The summed E-state index contributed by atoms with van der Waals surface area (Å²) in [5, 5.41) is 12.7. The van der Waals surface area contributed by atoms with Gasteiger partial charge < -0.3 is 15.2 Å². The Morgan fingerprint density at radius 3 is 2.21 bits per heavy atom. The summed E-state index contributed by atoms with van der Waals surface area (Å²) in [6, 6.07) is 4.31. The van der Waals surface area contributed by atoms with Crippen molar-refractivity contribution in [1.82, 2.24) is 5.32 Å². The highest BCUT2D eigenvalue weighted by atomic mass is 35.5. The van der Waals surface area contributed by atoms with Crippen molar-refractivity contribution in [3.63, 3.8) is 0 Å². The molecule has 0 radical (unpaired) electrons. The van der Waals surface area contributed by atoms with E-state index in [9.17, 15) is 23.2 Å².